The number of aliphatic hydroxyl groups excluding tert-OH is 1. The zero-order valence-electron chi connectivity index (χ0n) is 11.3. The van der Waals surface area contributed by atoms with Gasteiger partial charge in [0.1, 0.15) is 5.15 Å². The molecule has 0 spiro atoms. The summed E-state index contributed by atoms with van der Waals surface area (Å²) < 4.78 is 0. The molecule has 0 radical (unpaired) electrons. The molecule has 6 heteroatoms. The van der Waals surface area contributed by atoms with Crippen LogP contribution in [0.3, 0.4) is 0 Å². The molecule has 21 heavy (non-hydrogen) atoms. The molecule has 0 fully saturated rings. The maximum atomic E-state index is 12.2. The molecule has 0 bridgehead atoms. The van der Waals surface area contributed by atoms with E-state index in [1.165, 1.54) is 12.3 Å². The molecule has 1 atom stereocenters. The number of hydrogen-bond donors (Lipinski definition) is 3. The lowest BCUT2D eigenvalue weighted by Gasteiger charge is -2.17. The number of carbonyl (C=O) groups is 1. The summed E-state index contributed by atoms with van der Waals surface area (Å²) in [7, 11) is 0. The molecular formula is C15H16ClN3O2. The van der Waals surface area contributed by atoms with Crippen LogP contribution >= 0.6 is 11.6 Å². The second kappa shape index (κ2) is 7.06. The number of rotatable bonds is 5. The summed E-state index contributed by atoms with van der Waals surface area (Å²) in [4.78, 5) is 16.0. The number of pyridine rings is 1. The third-order valence-corrected chi connectivity index (χ3v) is 3.29. The van der Waals surface area contributed by atoms with Gasteiger partial charge in [-0.05, 0) is 18.1 Å². The van der Waals surface area contributed by atoms with Gasteiger partial charge in [0.15, 0.2) is 0 Å². The Labute approximate surface area is 127 Å². The predicted octanol–water partition coefficient (Wildman–Crippen LogP) is 1.65. The largest absolute Gasteiger partial charge is 0.397 e. The van der Waals surface area contributed by atoms with Crippen LogP contribution in [0.2, 0.25) is 5.15 Å². The predicted molar refractivity (Wildman–Crippen MR) is 82.1 cm³/mol. The first kappa shape index (κ1) is 15.3. The van der Waals surface area contributed by atoms with Gasteiger partial charge in [0.05, 0.1) is 30.1 Å². The summed E-state index contributed by atoms with van der Waals surface area (Å²) in [5.74, 6) is -0.408. The van der Waals surface area contributed by atoms with Gasteiger partial charge in [0, 0.05) is 0 Å². The second-order valence-electron chi connectivity index (χ2n) is 4.65. The van der Waals surface area contributed by atoms with Crippen molar-refractivity contribution in [1.82, 2.24) is 10.3 Å². The Bertz CT molecular complexity index is 620. The van der Waals surface area contributed by atoms with E-state index >= 15 is 0 Å². The normalized spacial score (nSPS) is 11.9. The SMILES string of the molecule is Nc1cnc(Cl)c(C(=O)NC(CO)Cc2ccccc2)c1. The highest BCUT2D eigenvalue weighted by Gasteiger charge is 2.17. The monoisotopic (exact) mass is 305 g/mol. The molecule has 1 aromatic heterocycles. The molecule has 0 saturated heterocycles. The number of nitrogens with zero attached hydrogens (tertiary/aromatic N) is 1. The zero-order chi connectivity index (χ0) is 15.2. The molecule has 1 unspecified atom stereocenters. The van der Waals surface area contributed by atoms with E-state index in [-0.39, 0.29) is 17.3 Å². The lowest BCUT2D eigenvalue weighted by atomic mass is 10.1. The number of aliphatic hydroxyl groups is 1. The van der Waals surface area contributed by atoms with Gasteiger partial charge in [-0.2, -0.15) is 0 Å². The fourth-order valence-electron chi connectivity index (χ4n) is 1.95. The first-order valence-electron chi connectivity index (χ1n) is 6.47. The number of hydrogen-bond acceptors (Lipinski definition) is 4. The van der Waals surface area contributed by atoms with Crippen molar-refractivity contribution in [2.45, 2.75) is 12.5 Å². The number of aromatic nitrogens is 1. The van der Waals surface area contributed by atoms with Crippen LogP contribution in [0, 0.1) is 0 Å². The standard InChI is InChI=1S/C15H16ClN3O2/c16-14-13(7-11(17)8-18-14)15(21)19-12(9-20)6-10-4-2-1-3-5-10/h1-5,7-8,12,20H,6,9,17H2,(H,19,21). The smallest absolute Gasteiger partial charge is 0.254 e. The van der Waals surface area contributed by atoms with Crippen molar-refractivity contribution in [2.24, 2.45) is 0 Å². The van der Waals surface area contributed by atoms with Gasteiger partial charge in [-0.3, -0.25) is 4.79 Å². The maximum absolute atomic E-state index is 12.2. The number of benzene rings is 1. The highest BCUT2D eigenvalue weighted by molar-refractivity contribution is 6.32. The molecular weight excluding hydrogens is 290 g/mol. The van der Waals surface area contributed by atoms with Crippen molar-refractivity contribution in [3.8, 4) is 0 Å². The van der Waals surface area contributed by atoms with E-state index in [0.717, 1.165) is 5.56 Å². The number of carbonyl (C=O) groups excluding carboxylic acids is 1. The number of amides is 1. The van der Waals surface area contributed by atoms with Gasteiger partial charge in [-0.1, -0.05) is 41.9 Å². The summed E-state index contributed by atoms with van der Waals surface area (Å²) in [6.45, 7) is -0.173. The fraction of sp³-hybridized carbons (Fsp3) is 0.200. The molecule has 0 aliphatic heterocycles. The lowest BCUT2D eigenvalue weighted by molar-refractivity contribution is 0.0916. The van der Waals surface area contributed by atoms with E-state index in [1.807, 2.05) is 30.3 Å². The summed E-state index contributed by atoms with van der Waals surface area (Å²) in [5, 5.41) is 12.2. The third kappa shape index (κ3) is 4.18. The van der Waals surface area contributed by atoms with Crippen LogP contribution in [0.4, 0.5) is 5.69 Å². The van der Waals surface area contributed by atoms with Crippen LogP contribution < -0.4 is 11.1 Å². The first-order chi connectivity index (χ1) is 10.1. The molecule has 1 aromatic carbocycles. The zero-order valence-corrected chi connectivity index (χ0v) is 12.0. The highest BCUT2D eigenvalue weighted by atomic mass is 35.5. The second-order valence-corrected chi connectivity index (χ2v) is 5.01. The van der Waals surface area contributed by atoms with E-state index in [9.17, 15) is 9.90 Å². The molecule has 0 saturated carbocycles. The molecule has 2 rings (SSSR count). The third-order valence-electron chi connectivity index (χ3n) is 2.99. The Morgan fingerprint density at radius 3 is 2.76 bits per heavy atom. The highest BCUT2D eigenvalue weighted by Crippen LogP contribution is 2.15. The minimum absolute atomic E-state index is 0.0816. The number of nitrogens with one attached hydrogen (secondary N) is 1. The molecule has 2 aromatic rings. The minimum Gasteiger partial charge on any atom is -0.397 e. The van der Waals surface area contributed by atoms with Crippen LogP contribution in [-0.2, 0) is 6.42 Å². The maximum Gasteiger partial charge on any atom is 0.254 e. The van der Waals surface area contributed by atoms with Crippen LogP contribution in [0.25, 0.3) is 0 Å². The topological polar surface area (TPSA) is 88.2 Å². The molecule has 110 valence electrons. The van der Waals surface area contributed by atoms with Crippen LogP contribution in [0.15, 0.2) is 42.6 Å². The molecule has 0 aliphatic rings. The number of nitrogen functional groups attached to an aromatic ring is 1. The molecule has 1 heterocycles. The summed E-state index contributed by atoms with van der Waals surface area (Å²) >= 11 is 5.89. The van der Waals surface area contributed by atoms with E-state index in [4.69, 9.17) is 17.3 Å². The van der Waals surface area contributed by atoms with Crippen molar-refractivity contribution < 1.29 is 9.90 Å². The number of halogens is 1. The van der Waals surface area contributed by atoms with Crippen molar-refractivity contribution in [1.29, 1.82) is 0 Å². The van der Waals surface area contributed by atoms with E-state index < -0.39 is 11.9 Å². The number of nitrogens with two attached hydrogens (primary N) is 1. The van der Waals surface area contributed by atoms with Crippen molar-refractivity contribution in [2.75, 3.05) is 12.3 Å². The Hall–Kier alpha value is -2.11. The minimum atomic E-state index is -0.408. The summed E-state index contributed by atoms with van der Waals surface area (Å²) in [6.07, 6.45) is 1.91. The lowest BCUT2D eigenvalue weighted by Crippen LogP contribution is -2.39. The molecule has 0 aliphatic carbocycles. The molecule has 1 amide bonds. The van der Waals surface area contributed by atoms with Gasteiger partial charge < -0.3 is 16.2 Å². The Kier molecular flexibility index (Phi) is 5.14. The Balaban J connectivity index is 2.07. The fourth-order valence-corrected chi connectivity index (χ4v) is 2.14. The number of anilines is 1. The van der Waals surface area contributed by atoms with Crippen molar-refractivity contribution >= 4 is 23.2 Å². The van der Waals surface area contributed by atoms with Gasteiger partial charge >= 0.3 is 0 Å². The van der Waals surface area contributed by atoms with Crippen molar-refractivity contribution in [3.05, 3.63) is 58.9 Å². The Morgan fingerprint density at radius 1 is 1.38 bits per heavy atom. The van der Waals surface area contributed by atoms with Crippen LogP contribution in [-0.4, -0.2) is 28.6 Å². The van der Waals surface area contributed by atoms with E-state index in [2.05, 4.69) is 10.3 Å². The van der Waals surface area contributed by atoms with Gasteiger partial charge in [0.25, 0.3) is 5.91 Å². The summed E-state index contributed by atoms with van der Waals surface area (Å²) in [6, 6.07) is 10.6. The molecule has 4 N–H and O–H groups in total. The van der Waals surface area contributed by atoms with E-state index in [0.29, 0.717) is 12.1 Å². The summed E-state index contributed by atoms with van der Waals surface area (Å²) in [5.41, 5.74) is 7.18. The van der Waals surface area contributed by atoms with Gasteiger partial charge in [-0.25, -0.2) is 4.98 Å². The first-order valence-corrected chi connectivity index (χ1v) is 6.84. The molecule has 5 nitrogen and oxygen atoms in total. The quantitative estimate of drug-likeness (QED) is 0.733. The van der Waals surface area contributed by atoms with Gasteiger partial charge in [0.2, 0.25) is 0 Å². The Morgan fingerprint density at radius 2 is 2.10 bits per heavy atom. The van der Waals surface area contributed by atoms with E-state index in [1.54, 1.807) is 0 Å². The van der Waals surface area contributed by atoms with Crippen LogP contribution in [0.1, 0.15) is 15.9 Å². The van der Waals surface area contributed by atoms with Crippen LogP contribution in [0.5, 0.6) is 0 Å². The average molecular weight is 306 g/mol. The average Bonchev–Trinajstić information content (AvgIpc) is 2.50. The van der Waals surface area contributed by atoms with Gasteiger partial charge in [-0.15, -0.1) is 0 Å². The van der Waals surface area contributed by atoms with Crippen molar-refractivity contribution in [3.63, 3.8) is 0 Å².